The zero-order valence-corrected chi connectivity index (χ0v) is 17.4. The van der Waals surface area contributed by atoms with Crippen LogP contribution in [0.1, 0.15) is 29.2 Å². The third-order valence-electron chi connectivity index (χ3n) is 4.31. The fraction of sp³-hybridized carbons (Fsp3) is 0.130. The maximum atomic E-state index is 11.6. The van der Waals surface area contributed by atoms with E-state index in [1.54, 1.807) is 12.4 Å². The summed E-state index contributed by atoms with van der Waals surface area (Å²) in [5.41, 5.74) is 2.78. The van der Waals surface area contributed by atoms with Crippen LogP contribution >= 0.6 is 11.3 Å². The van der Waals surface area contributed by atoms with E-state index in [0.29, 0.717) is 10.8 Å². The number of anilines is 2. The molecule has 3 aromatic heterocycles. The van der Waals surface area contributed by atoms with E-state index in [1.807, 2.05) is 67.6 Å². The van der Waals surface area contributed by atoms with Gasteiger partial charge in [0.15, 0.2) is 6.10 Å². The number of benzene rings is 1. The lowest BCUT2D eigenvalue weighted by atomic mass is 10.1. The van der Waals surface area contributed by atoms with E-state index in [-0.39, 0.29) is 5.97 Å². The lowest BCUT2D eigenvalue weighted by Crippen LogP contribution is -2.09. The van der Waals surface area contributed by atoms with Gasteiger partial charge in [-0.2, -0.15) is 0 Å². The molecule has 0 amide bonds. The molecular weight excluding hydrogens is 396 g/mol. The second kappa shape index (κ2) is 8.84. The molecule has 0 saturated heterocycles. The molecule has 6 nitrogen and oxygen atoms in total. The molecule has 4 rings (SSSR count). The van der Waals surface area contributed by atoms with Crippen molar-refractivity contribution in [1.29, 1.82) is 0 Å². The number of pyridine rings is 2. The Bertz CT molecular complexity index is 1160. The van der Waals surface area contributed by atoms with Crippen LogP contribution in [0.4, 0.5) is 11.6 Å². The van der Waals surface area contributed by atoms with E-state index in [1.165, 1.54) is 18.3 Å². The quantitative estimate of drug-likeness (QED) is 0.430. The number of thiazole rings is 1. The highest BCUT2D eigenvalue weighted by molar-refractivity contribution is 7.15. The van der Waals surface area contributed by atoms with Crippen molar-refractivity contribution in [2.75, 3.05) is 5.32 Å². The van der Waals surface area contributed by atoms with Gasteiger partial charge in [-0.15, -0.1) is 11.3 Å². The first-order valence-corrected chi connectivity index (χ1v) is 10.2. The number of nitrogens with one attached hydrogen (secondary N) is 1. The predicted octanol–water partition coefficient (Wildman–Crippen LogP) is 5.30. The number of rotatable bonds is 6. The van der Waals surface area contributed by atoms with Crippen molar-refractivity contribution in [3.8, 4) is 10.6 Å². The number of ether oxygens (including phenoxy) is 1. The van der Waals surface area contributed by atoms with Crippen molar-refractivity contribution < 1.29 is 9.53 Å². The Kier molecular flexibility index (Phi) is 5.81. The molecule has 0 aliphatic carbocycles. The van der Waals surface area contributed by atoms with Crippen molar-refractivity contribution in [1.82, 2.24) is 15.0 Å². The van der Waals surface area contributed by atoms with Gasteiger partial charge < -0.3 is 10.1 Å². The zero-order valence-electron chi connectivity index (χ0n) is 16.6. The zero-order chi connectivity index (χ0) is 20.9. The van der Waals surface area contributed by atoms with Gasteiger partial charge in [0, 0.05) is 19.3 Å². The fourth-order valence-electron chi connectivity index (χ4n) is 2.96. The van der Waals surface area contributed by atoms with Crippen LogP contribution in [0.3, 0.4) is 0 Å². The highest BCUT2D eigenvalue weighted by Gasteiger charge is 2.21. The van der Waals surface area contributed by atoms with Crippen molar-refractivity contribution in [3.63, 3.8) is 0 Å². The normalized spacial score (nSPS) is 11.7. The number of hydrogen-bond acceptors (Lipinski definition) is 7. The van der Waals surface area contributed by atoms with Crippen LogP contribution in [0.25, 0.3) is 10.6 Å². The van der Waals surface area contributed by atoms with Gasteiger partial charge in [-0.1, -0.05) is 36.4 Å². The summed E-state index contributed by atoms with van der Waals surface area (Å²) in [4.78, 5) is 26.1. The van der Waals surface area contributed by atoms with Gasteiger partial charge in [-0.25, -0.2) is 15.0 Å². The van der Waals surface area contributed by atoms with E-state index in [9.17, 15) is 4.79 Å². The third kappa shape index (κ3) is 4.69. The van der Waals surface area contributed by atoms with Crippen molar-refractivity contribution in [3.05, 3.63) is 89.2 Å². The summed E-state index contributed by atoms with van der Waals surface area (Å²) < 4.78 is 5.55. The summed E-state index contributed by atoms with van der Waals surface area (Å²) in [5, 5.41) is 3.93. The van der Waals surface area contributed by atoms with Crippen LogP contribution in [0.2, 0.25) is 0 Å². The first-order valence-electron chi connectivity index (χ1n) is 9.43. The fourth-order valence-corrected chi connectivity index (χ4v) is 3.90. The number of hydrogen-bond donors (Lipinski definition) is 1. The molecule has 0 saturated carbocycles. The average molecular weight is 417 g/mol. The minimum atomic E-state index is -0.541. The summed E-state index contributed by atoms with van der Waals surface area (Å²) in [6.45, 7) is 3.42. The first kappa shape index (κ1) is 19.7. The minimum absolute atomic E-state index is 0.351. The van der Waals surface area contributed by atoms with E-state index < -0.39 is 6.10 Å². The molecule has 4 aromatic rings. The summed E-state index contributed by atoms with van der Waals surface area (Å²) in [7, 11) is 0. The van der Waals surface area contributed by atoms with Crippen LogP contribution in [0.5, 0.6) is 0 Å². The molecule has 7 heteroatoms. The lowest BCUT2D eigenvalue weighted by molar-refractivity contribution is -0.144. The average Bonchev–Trinajstić information content (AvgIpc) is 3.23. The van der Waals surface area contributed by atoms with Crippen LogP contribution in [-0.4, -0.2) is 20.9 Å². The van der Waals surface area contributed by atoms with E-state index >= 15 is 0 Å². The highest BCUT2D eigenvalue weighted by atomic mass is 32.1. The molecule has 0 radical (unpaired) electrons. The molecule has 0 bridgehead atoms. The molecular formula is C23H20N4O2S. The van der Waals surface area contributed by atoms with Crippen molar-refractivity contribution >= 4 is 28.9 Å². The van der Waals surface area contributed by atoms with E-state index in [4.69, 9.17) is 4.74 Å². The number of aromatic nitrogens is 3. The molecule has 0 fully saturated rings. The Morgan fingerprint density at radius 1 is 1.03 bits per heavy atom. The first-order chi connectivity index (χ1) is 14.6. The van der Waals surface area contributed by atoms with Crippen LogP contribution in [0.15, 0.2) is 73.1 Å². The second-order valence-electron chi connectivity index (χ2n) is 6.71. The van der Waals surface area contributed by atoms with Crippen LogP contribution in [0, 0.1) is 6.92 Å². The summed E-state index contributed by atoms with van der Waals surface area (Å²) in [6.07, 6.45) is 2.98. The molecule has 0 aliphatic rings. The van der Waals surface area contributed by atoms with Crippen LogP contribution < -0.4 is 5.32 Å². The van der Waals surface area contributed by atoms with Gasteiger partial charge in [-0.3, -0.25) is 4.79 Å². The molecule has 0 aliphatic heterocycles. The van der Waals surface area contributed by atoms with Crippen LogP contribution in [-0.2, 0) is 9.53 Å². The van der Waals surface area contributed by atoms with Gasteiger partial charge >= 0.3 is 5.97 Å². The molecule has 3 heterocycles. The smallest absolute Gasteiger partial charge is 0.303 e. The maximum absolute atomic E-state index is 11.6. The van der Waals surface area contributed by atoms with Crippen molar-refractivity contribution in [2.24, 2.45) is 0 Å². The summed E-state index contributed by atoms with van der Waals surface area (Å²) in [6, 6.07) is 19.2. The Morgan fingerprint density at radius 3 is 2.63 bits per heavy atom. The van der Waals surface area contributed by atoms with Gasteiger partial charge in [0.2, 0.25) is 0 Å². The largest absolute Gasteiger partial charge is 0.450 e. The standard InChI is InChI=1S/C23H20N4O2S/c1-15-11-12-24-21(13-15)27-20-10-6-9-18(26-20)19-14-25-23(30-19)22(29-16(2)28)17-7-4-3-5-8-17/h3-14,22H,1-2H3,(H,24,26,27)/t22-/m0/s1. The molecule has 1 N–H and O–H groups in total. The summed E-state index contributed by atoms with van der Waals surface area (Å²) in [5.74, 6) is 1.08. The Balaban J connectivity index is 1.61. The Hall–Kier alpha value is -3.58. The van der Waals surface area contributed by atoms with Gasteiger partial charge in [-0.05, 0) is 42.3 Å². The molecule has 0 unspecified atom stereocenters. The molecule has 1 atom stereocenters. The molecule has 0 spiro atoms. The number of nitrogens with zero attached hydrogens (tertiary/aromatic N) is 3. The topological polar surface area (TPSA) is 77.0 Å². The highest BCUT2D eigenvalue weighted by Crippen LogP contribution is 2.34. The molecule has 150 valence electrons. The predicted molar refractivity (Wildman–Crippen MR) is 118 cm³/mol. The number of carbonyl (C=O) groups is 1. The van der Waals surface area contributed by atoms with Crippen molar-refractivity contribution in [2.45, 2.75) is 20.0 Å². The second-order valence-corrected chi connectivity index (χ2v) is 7.78. The monoisotopic (exact) mass is 416 g/mol. The summed E-state index contributed by atoms with van der Waals surface area (Å²) >= 11 is 1.45. The number of esters is 1. The SMILES string of the molecule is CC(=O)O[C@@H](c1ccccc1)c1ncc(-c2cccc(Nc3cc(C)ccn3)n2)s1. The molecule has 30 heavy (non-hydrogen) atoms. The Morgan fingerprint density at radius 2 is 1.87 bits per heavy atom. The van der Waals surface area contributed by atoms with Gasteiger partial charge in [0.05, 0.1) is 10.6 Å². The number of aryl methyl sites for hydroxylation is 1. The number of carbonyl (C=O) groups excluding carboxylic acids is 1. The van der Waals surface area contributed by atoms with E-state index in [0.717, 1.165) is 27.5 Å². The van der Waals surface area contributed by atoms with Gasteiger partial charge in [0.25, 0.3) is 0 Å². The minimum Gasteiger partial charge on any atom is -0.450 e. The lowest BCUT2D eigenvalue weighted by Gasteiger charge is -2.14. The maximum Gasteiger partial charge on any atom is 0.303 e. The van der Waals surface area contributed by atoms with E-state index in [2.05, 4.69) is 20.3 Å². The molecule has 1 aromatic carbocycles. The third-order valence-corrected chi connectivity index (χ3v) is 5.37. The Labute approximate surface area is 178 Å². The van der Waals surface area contributed by atoms with Gasteiger partial charge in [0.1, 0.15) is 16.6 Å².